The van der Waals surface area contributed by atoms with Crippen LogP contribution in [-0.4, -0.2) is 30.5 Å². The van der Waals surface area contributed by atoms with Crippen molar-refractivity contribution in [3.63, 3.8) is 0 Å². The van der Waals surface area contributed by atoms with E-state index in [1.165, 1.54) is 33.5 Å². The van der Waals surface area contributed by atoms with Crippen molar-refractivity contribution >= 4 is 0 Å². The molecular formula is C16H17F3N2O5. The fraction of sp³-hybridized carbons (Fsp3) is 0.375. The van der Waals surface area contributed by atoms with Crippen molar-refractivity contribution < 1.29 is 27.4 Å². The molecular weight excluding hydrogens is 357 g/mol. The van der Waals surface area contributed by atoms with Gasteiger partial charge in [-0.3, -0.25) is 13.9 Å². The molecule has 0 aliphatic heterocycles. The van der Waals surface area contributed by atoms with Crippen LogP contribution < -0.4 is 25.5 Å². The number of methoxy groups -OCH3 is 3. The predicted octanol–water partition coefficient (Wildman–Crippen LogP) is 1.64. The van der Waals surface area contributed by atoms with Crippen molar-refractivity contribution in [3.8, 4) is 17.2 Å². The number of aromatic nitrogens is 2. The van der Waals surface area contributed by atoms with Gasteiger partial charge < -0.3 is 14.2 Å². The molecule has 0 aliphatic rings. The minimum Gasteiger partial charge on any atom is -0.493 e. The van der Waals surface area contributed by atoms with Crippen LogP contribution in [0.2, 0.25) is 0 Å². The van der Waals surface area contributed by atoms with Gasteiger partial charge in [-0.2, -0.15) is 13.2 Å². The van der Waals surface area contributed by atoms with Gasteiger partial charge in [0.25, 0.3) is 5.56 Å². The molecule has 0 fully saturated rings. The number of hydrogen-bond donors (Lipinski definition) is 0. The van der Waals surface area contributed by atoms with Gasteiger partial charge in [0.15, 0.2) is 11.5 Å². The summed E-state index contributed by atoms with van der Waals surface area (Å²) in [6, 6.07) is 3.40. The Morgan fingerprint density at radius 3 is 1.92 bits per heavy atom. The fourth-order valence-electron chi connectivity index (χ4n) is 2.50. The summed E-state index contributed by atoms with van der Waals surface area (Å²) in [7, 11) is 5.15. The first kappa shape index (κ1) is 19.4. The monoisotopic (exact) mass is 374 g/mol. The summed E-state index contributed by atoms with van der Waals surface area (Å²) in [5.74, 6) is 0.892. The topological polar surface area (TPSA) is 71.7 Å². The van der Waals surface area contributed by atoms with Crippen molar-refractivity contribution in [2.24, 2.45) is 7.05 Å². The van der Waals surface area contributed by atoms with E-state index in [1.54, 1.807) is 0 Å². The van der Waals surface area contributed by atoms with Crippen molar-refractivity contribution in [1.29, 1.82) is 0 Å². The summed E-state index contributed by atoms with van der Waals surface area (Å²) in [5.41, 5.74) is -3.04. The molecule has 0 radical (unpaired) electrons. The second-order valence-corrected chi connectivity index (χ2v) is 5.33. The Hall–Kier alpha value is -2.91. The lowest BCUT2D eigenvalue weighted by atomic mass is 10.1. The van der Waals surface area contributed by atoms with E-state index in [2.05, 4.69) is 0 Å². The third kappa shape index (κ3) is 3.53. The summed E-state index contributed by atoms with van der Waals surface area (Å²) in [6.07, 6.45) is -4.81. The van der Waals surface area contributed by atoms with Gasteiger partial charge in [0, 0.05) is 13.1 Å². The minimum absolute atomic E-state index is 0.264. The van der Waals surface area contributed by atoms with E-state index < -0.39 is 23.1 Å². The standard InChI is InChI=1S/C16H17F3N2O5/c1-20-12(16(17,18)19)7-13(22)21(15(20)23)8-9-5-10(24-2)14(26-4)11(6-9)25-3/h5-7H,8H2,1-4H3. The average molecular weight is 374 g/mol. The maximum Gasteiger partial charge on any atom is 0.431 e. The summed E-state index contributed by atoms with van der Waals surface area (Å²) < 4.78 is 55.3. The Morgan fingerprint density at radius 2 is 1.50 bits per heavy atom. The minimum atomic E-state index is -4.81. The third-order valence-corrected chi connectivity index (χ3v) is 3.76. The molecule has 0 bridgehead atoms. The van der Waals surface area contributed by atoms with E-state index in [-0.39, 0.29) is 6.54 Å². The van der Waals surface area contributed by atoms with Crippen molar-refractivity contribution in [3.05, 3.63) is 50.3 Å². The van der Waals surface area contributed by atoms with E-state index in [1.807, 2.05) is 0 Å². The lowest BCUT2D eigenvalue weighted by Crippen LogP contribution is -2.41. The molecule has 0 unspecified atom stereocenters. The highest BCUT2D eigenvalue weighted by molar-refractivity contribution is 5.53. The van der Waals surface area contributed by atoms with Gasteiger partial charge >= 0.3 is 11.9 Å². The Morgan fingerprint density at radius 1 is 0.962 bits per heavy atom. The van der Waals surface area contributed by atoms with Gasteiger partial charge in [0.1, 0.15) is 5.69 Å². The second kappa shape index (κ2) is 7.14. The van der Waals surface area contributed by atoms with Crippen LogP contribution in [0.1, 0.15) is 11.3 Å². The zero-order valence-electron chi connectivity index (χ0n) is 14.5. The summed E-state index contributed by atoms with van der Waals surface area (Å²) in [5, 5.41) is 0. The Balaban J connectivity index is 2.58. The summed E-state index contributed by atoms with van der Waals surface area (Å²) in [4.78, 5) is 24.3. The van der Waals surface area contributed by atoms with Crippen LogP contribution in [0.25, 0.3) is 0 Å². The average Bonchev–Trinajstić information content (AvgIpc) is 2.59. The van der Waals surface area contributed by atoms with Crippen LogP contribution in [0.15, 0.2) is 27.8 Å². The molecule has 26 heavy (non-hydrogen) atoms. The van der Waals surface area contributed by atoms with E-state index >= 15 is 0 Å². The highest BCUT2D eigenvalue weighted by atomic mass is 19.4. The molecule has 2 rings (SSSR count). The quantitative estimate of drug-likeness (QED) is 0.796. The summed E-state index contributed by atoms with van der Waals surface area (Å²) >= 11 is 0. The smallest absolute Gasteiger partial charge is 0.431 e. The number of halogens is 3. The van der Waals surface area contributed by atoms with Gasteiger partial charge in [-0.15, -0.1) is 0 Å². The number of ether oxygens (including phenoxy) is 3. The number of benzene rings is 1. The largest absolute Gasteiger partial charge is 0.493 e. The first-order valence-corrected chi connectivity index (χ1v) is 7.31. The second-order valence-electron chi connectivity index (χ2n) is 5.33. The van der Waals surface area contributed by atoms with Gasteiger partial charge in [0.05, 0.1) is 27.9 Å². The normalized spacial score (nSPS) is 11.3. The van der Waals surface area contributed by atoms with E-state index in [0.29, 0.717) is 38.0 Å². The van der Waals surface area contributed by atoms with Gasteiger partial charge in [-0.25, -0.2) is 4.79 Å². The molecule has 0 amide bonds. The molecule has 0 atom stereocenters. The molecule has 142 valence electrons. The molecule has 1 aromatic heterocycles. The first-order chi connectivity index (χ1) is 12.1. The Bertz CT molecular complexity index is 906. The number of rotatable bonds is 5. The van der Waals surface area contributed by atoms with Crippen LogP contribution in [0, 0.1) is 0 Å². The van der Waals surface area contributed by atoms with Crippen LogP contribution in [0.4, 0.5) is 13.2 Å². The molecule has 1 heterocycles. The number of alkyl halides is 3. The van der Waals surface area contributed by atoms with E-state index in [9.17, 15) is 22.8 Å². The number of nitrogens with zero attached hydrogens (tertiary/aromatic N) is 2. The van der Waals surface area contributed by atoms with Gasteiger partial charge in [0.2, 0.25) is 5.75 Å². The third-order valence-electron chi connectivity index (χ3n) is 3.76. The maximum absolute atomic E-state index is 12.9. The highest BCUT2D eigenvalue weighted by Crippen LogP contribution is 2.38. The molecule has 0 saturated carbocycles. The predicted molar refractivity (Wildman–Crippen MR) is 86.1 cm³/mol. The first-order valence-electron chi connectivity index (χ1n) is 7.31. The van der Waals surface area contributed by atoms with Crippen LogP contribution in [-0.2, 0) is 19.8 Å². The maximum atomic E-state index is 12.9. The molecule has 0 spiro atoms. The van der Waals surface area contributed by atoms with Crippen molar-refractivity contribution in [1.82, 2.24) is 9.13 Å². The van der Waals surface area contributed by atoms with Crippen LogP contribution >= 0.6 is 0 Å². The highest BCUT2D eigenvalue weighted by Gasteiger charge is 2.34. The SMILES string of the molecule is COc1cc(Cn2c(=O)cc(C(F)(F)F)n(C)c2=O)cc(OC)c1OC. The molecule has 7 nitrogen and oxygen atoms in total. The molecule has 0 aliphatic carbocycles. The van der Waals surface area contributed by atoms with Gasteiger partial charge in [-0.05, 0) is 17.7 Å². The zero-order chi connectivity index (χ0) is 19.6. The van der Waals surface area contributed by atoms with Crippen LogP contribution in [0.3, 0.4) is 0 Å². The van der Waals surface area contributed by atoms with Crippen LogP contribution in [0.5, 0.6) is 17.2 Å². The van der Waals surface area contributed by atoms with E-state index in [0.717, 1.165) is 7.05 Å². The van der Waals surface area contributed by atoms with Gasteiger partial charge in [-0.1, -0.05) is 0 Å². The molecule has 0 saturated heterocycles. The Labute approximate surface area is 146 Å². The molecule has 10 heteroatoms. The molecule has 1 aromatic carbocycles. The lowest BCUT2D eigenvalue weighted by molar-refractivity contribution is -0.144. The summed E-state index contributed by atoms with van der Waals surface area (Å²) in [6.45, 7) is -0.264. The fourth-order valence-corrected chi connectivity index (χ4v) is 2.50. The van der Waals surface area contributed by atoms with E-state index in [4.69, 9.17) is 14.2 Å². The van der Waals surface area contributed by atoms with Crippen molar-refractivity contribution in [2.45, 2.75) is 12.7 Å². The zero-order valence-corrected chi connectivity index (χ0v) is 14.5. The lowest BCUT2D eigenvalue weighted by Gasteiger charge is -2.16. The molecule has 2 aromatic rings. The molecule has 0 N–H and O–H groups in total. The van der Waals surface area contributed by atoms with Crippen molar-refractivity contribution in [2.75, 3.05) is 21.3 Å². The number of hydrogen-bond acceptors (Lipinski definition) is 5. The Kier molecular flexibility index (Phi) is 5.33.